The number of nitrogens with zero attached hydrogens (tertiary/aromatic N) is 1. The molecule has 186 valence electrons. The number of rotatable bonds is 4. The van der Waals surface area contributed by atoms with Gasteiger partial charge in [0.2, 0.25) is 14.8 Å². The lowest BCUT2D eigenvalue weighted by Crippen LogP contribution is -2.45. The standard InChI is InChI=1S/C20H16F8N2O3S/c21-13-7-12(20(26,27)28)8-15(10-13)34(32,33)18(22)4-1-14(2-5-18)30-17(31)16-9-11(3-6-29-16)19(23,24)25/h3,6-10,14H,1-2,4-5H2,(H,30,31). The first kappa shape index (κ1) is 25.8. The van der Waals surface area contributed by atoms with Crippen LogP contribution in [0.25, 0.3) is 0 Å². The smallest absolute Gasteiger partial charge is 0.348 e. The van der Waals surface area contributed by atoms with E-state index >= 15 is 4.39 Å². The number of sulfone groups is 1. The molecule has 34 heavy (non-hydrogen) atoms. The van der Waals surface area contributed by atoms with Crippen LogP contribution in [0.3, 0.4) is 0 Å². The Morgan fingerprint density at radius 1 is 0.971 bits per heavy atom. The molecule has 0 spiro atoms. The van der Waals surface area contributed by atoms with Gasteiger partial charge in [0, 0.05) is 12.2 Å². The number of halogens is 8. The lowest BCUT2D eigenvalue weighted by Gasteiger charge is -2.33. The van der Waals surface area contributed by atoms with Gasteiger partial charge in [-0.05, 0) is 56.0 Å². The predicted octanol–water partition coefficient (Wildman–Crippen LogP) is 5.07. The summed E-state index contributed by atoms with van der Waals surface area (Å²) in [4.78, 5) is 14.6. The number of pyridine rings is 1. The Morgan fingerprint density at radius 2 is 1.56 bits per heavy atom. The van der Waals surface area contributed by atoms with Gasteiger partial charge in [-0.15, -0.1) is 0 Å². The van der Waals surface area contributed by atoms with E-state index < -0.39 is 79.5 Å². The quantitative estimate of drug-likeness (QED) is 0.576. The molecule has 0 saturated heterocycles. The van der Waals surface area contributed by atoms with Crippen LogP contribution in [-0.4, -0.2) is 30.4 Å². The zero-order valence-electron chi connectivity index (χ0n) is 17.0. The van der Waals surface area contributed by atoms with Crippen LogP contribution in [0.1, 0.15) is 47.3 Å². The fraction of sp³-hybridized carbons (Fsp3) is 0.400. The molecule has 0 bridgehead atoms. The van der Waals surface area contributed by atoms with Crippen LogP contribution in [0.4, 0.5) is 35.1 Å². The number of carbonyl (C=O) groups is 1. The molecule has 1 N–H and O–H groups in total. The number of benzene rings is 1. The third-order valence-electron chi connectivity index (χ3n) is 5.38. The highest BCUT2D eigenvalue weighted by atomic mass is 32.2. The van der Waals surface area contributed by atoms with Gasteiger partial charge >= 0.3 is 12.4 Å². The summed E-state index contributed by atoms with van der Waals surface area (Å²) in [5.41, 5.74) is -3.26. The molecule has 1 aliphatic rings. The van der Waals surface area contributed by atoms with E-state index in [-0.39, 0.29) is 25.0 Å². The second kappa shape index (κ2) is 8.78. The first-order chi connectivity index (χ1) is 15.5. The Balaban J connectivity index is 1.74. The first-order valence-electron chi connectivity index (χ1n) is 9.68. The highest BCUT2D eigenvalue weighted by molar-refractivity contribution is 7.92. The van der Waals surface area contributed by atoms with E-state index in [9.17, 15) is 43.9 Å². The summed E-state index contributed by atoms with van der Waals surface area (Å²) in [6, 6.07) is 0.867. The zero-order chi connectivity index (χ0) is 25.5. The van der Waals surface area contributed by atoms with Crippen molar-refractivity contribution in [3.05, 3.63) is 59.2 Å². The van der Waals surface area contributed by atoms with Crippen molar-refractivity contribution in [2.75, 3.05) is 0 Å². The Labute approximate surface area is 188 Å². The van der Waals surface area contributed by atoms with Crippen LogP contribution in [-0.2, 0) is 22.2 Å². The molecule has 0 atom stereocenters. The largest absolute Gasteiger partial charge is 0.416 e. The van der Waals surface area contributed by atoms with E-state index in [4.69, 9.17) is 0 Å². The second-order valence-electron chi connectivity index (χ2n) is 7.74. The van der Waals surface area contributed by atoms with Crippen molar-refractivity contribution >= 4 is 15.7 Å². The monoisotopic (exact) mass is 516 g/mol. The molecule has 1 fully saturated rings. The molecule has 1 aliphatic carbocycles. The highest BCUT2D eigenvalue weighted by Gasteiger charge is 2.48. The molecule has 14 heteroatoms. The van der Waals surface area contributed by atoms with E-state index in [1.165, 1.54) is 0 Å². The fourth-order valence-corrected chi connectivity index (χ4v) is 5.29. The van der Waals surface area contributed by atoms with Crippen molar-refractivity contribution in [3.8, 4) is 0 Å². The molecular formula is C20H16F8N2O3S. The van der Waals surface area contributed by atoms with Crippen molar-refractivity contribution in [2.24, 2.45) is 0 Å². The molecule has 1 aromatic carbocycles. The summed E-state index contributed by atoms with van der Waals surface area (Å²) in [6.07, 6.45) is -11.1. The average molecular weight is 516 g/mol. The minimum Gasteiger partial charge on any atom is -0.348 e. The van der Waals surface area contributed by atoms with E-state index in [1.807, 2.05) is 0 Å². The molecule has 1 heterocycles. The van der Waals surface area contributed by atoms with Crippen LogP contribution in [0.15, 0.2) is 41.4 Å². The van der Waals surface area contributed by atoms with Gasteiger partial charge in [-0.25, -0.2) is 17.2 Å². The molecular weight excluding hydrogens is 500 g/mol. The van der Waals surface area contributed by atoms with Crippen molar-refractivity contribution < 1.29 is 48.3 Å². The topological polar surface area (TPSA) is 76.1 Å². The summed E-state index contributed by atoms with van der Waals surface area (Å²) in [5, 5.41) is -0.687. The van der Waals surface area contributed by atoms with Gasteiger partial charge in [0.1, 0.15) is 11.5 Å². The Bertz CT molecular complexity index is 1190. The molecule has 0 aliphatic heterocycles. The zero-order valence-corrected chi connectivity index (χ0v) is 17.8. The van der Waals surface area contributed by atoms with Crippen molar-refractivity contribution in [3.63, 3.8) is 0 Å². The van der Waals surface area contributed by atoms with Crippen LogP contribution in [0, 0.1) is 5.82 Å². The number of amides is 1. The van der Waals surface area contributed by atoms with Crippen LogP contribution in [0.5, 0.6) is 0 Å². The van der Waals surface area contributed by atoms with Crippen molar-refractivity contribution in [1.82, 2.24) is 10.3 Å². The molecule has 0 radical (unpaired) electrons. The van der Waals surface area contributed by atoms with Gasteiger partial charge in [-0.3, -0.25) is 9.78 Å². The van der Waals surface area contributed by atoms with Gasteiger partial charge in [0.05, 0.1) is 16.0 Å². The molecule has 1 aromatic heterocycles. The van der Waals surface area contributed by atoms with Gasteiger partial charge < -0.3 is 5.32 Å². The van der Waals surface area contributed by atoms with E-state index in [0.29, 0.717) is 18.2 Å². The summed E-state index contributed by atoms with van der Waals surface area (Å²) in [7, 11) is -5.05. The molecule has 2 aromatic rings. The maximum Gasteiger partial charge on any atom is 0.416 e. The second-order valence-corrected chi connectivity index (χ2v) is 9.95. The number of carbonyl (C=O) groups excluding carboxylic acids is 1. The minimum absolute atomic E-state index is 0.0815. The Kier molecular flexibility index (Phi) is 6.68. The van der Waals surface area contributed by atoms with Crippen LogP contribution < -0.4 is 5.32 Å². The van der Waals surface area contributed by atoms with Crippen molar-refractivity contribution in [2.45, 2.75) is 54.0 Å². The number of alkyl halides is 7. The van der Waals surface area contributed by atoms with E-state index in [0.717, 1.165) is 6.20 Å². The van der Waals surface area contributed by atoms with Crippen LogP contribution >= 0.6 is 0 Å². The SMILES string of the molecule is O=C(NC1CCC(F)(S(=O)(=O)c2cc(F)cc(C(F)(F)F)c2)CC1)c1cc(C(F)(F)F)ccn1. The Morgan fingerprint density at radius 3 is 2.12 bits per heavy atom. The highest BCUT2D eigenvalue weighted by Crippen LogP contribution is 2.42. The third-order valence-corrected chi connectivity index (χ3v) is 7.61. The minimum atomic E-state index is -5.06. The molecule has 0 unspecified atom stereocenters. The van der Waals surface area contributed by atoms with Gasteiger partial charge in [-0.2, -0.15) is 26.3 Å². The summed E-state index contributed by atoms with van der Waals surface area (Å²) < 4.78 is 132. The summed E-state index contributed by atoms with van der Waals surface area (Å²) in [5.74, 6) is -2.50. The third kappa shape index (κ3) is 5.31. The van der Waals surface area contributed by atoms with E-state index in [2.05, 4.69) is 10.3 Å². The molecule has 1 saturated carbocycles. The number of nitrogens with one attached hydrogen (secondary N) is 1. The normalized spacial score (nSPS) is 21.8. The lowest BCUT2D eigenvalue weighted by molar-refractivity contribution is -0.138. The Hall–Kier alpha value is -2.77. The average Bonchev–Trinajstić information content (AvgIpc) is 2.73. The summed E-state index contributed by atoms with van der Waals surface area (Å²) in [6.45, 7) is 0. The maximum atomic E-state index is 15.4. The lowest BCUT2D eigenvalue weighted by atomic mass is 9.93. The maximum absolute atomic E-state index is 15.4. The van der Waals surface area contributed by atoms with Gasteiger partial charge in [-0.1, -0.05) is 0 Å². The molecule has 3 rings (SSSR count). The van der Waals surface area contributed by atoms with E-state index in [1.54, 1.807) is 0 Å². The number of hydrogen-bond donors (Lipinski definition) is 1. The number of aromatic nitrogens is 1. The first-order valence-corrected chi connectivity index (χ1v) is 11.2. The number of hydrogen-bond acceptors (Lipinski definition) is 4. The molecule has 1 amide bonds. The van der Waals surface area contributed by atoms with Gasteiger partial charge in [0.25, 0.3) is 5.91 Å². The summed E-state index contributed by atoms with van der Waals surface area (Å²) >= 11 is 0. The van der Waals surface area contributed by atoms with Gasteiger partial charge in [0.15, 0.2) is 0 Å². The molecule has 5 nitrogen and oxygen atoms in total. The van der Waals surface area contributed by atoms with Crippen LogP contribution in [0.2, 0.25) is 0 Å². The fourth-order valence-electron chi connectivity index (χ4n) is 3.55. The van der Waals surface area contributed by atoms with Crippen molar-refractivity contribution in [1.29, 1.82) is 0 Å². The predicted molar refractivity (Wildman–Crippen MR) is 101 cm³/mol.